The van der Waals surface area contributed by atoms with Crippen molar-refractivity contribution in [2.45, 2.75) is 66.7 Å². The van der Waals surface area contributed by atoms with Crippen LogP contribution in [0.5, 0.6) is 0 Å². The van der Waals surface area contributed by atoms with Gasteiger partial charge in [-0.1, -0.05) is 49.0 Å². The Hall–Kier alpha value is -2.76. The smallest absolute Gasteiger partial charge is 0.234 e. The zero-order valence-corrected chi connectivity index (χ0v) is 17.2. The molecule has 0 unspecified atom stereocenters. The molecule has 0 aliphatic heterocycles. The molecule has 0 saturated heterocycles. The van der Waals surface area contributed by atoms with Gasteiger partial charge in [0.25, 0.3) is 0 Å². The summed E-state index contributed by atoms with van der Waals surface area (Å²) in [5.41, 5.74) is 4.43. The lowest BCUT2D eigenvalue weighted by Gasteiger charge is -2.17. The third-order valence-electron chi connectivity index (χ3n) is 4.34. The fourth-order valence-electron chi connectivity index (χ4n) is 2.63. The summed E-state index contributed by atoms with van der Waals surface area (Å²) < 4.78 is 3.72. The highest BCUT2D eigenvalue weighted by molar-refractivity contribution is 5.40. The largest absolute Gasteiger partial charge is 0.291 e. The van der Waals surface area contributed by atoms with E-state index in [0.717, 1.165) is 22.8 Å². The first kappa shape index (κ1) is 21.5. The fraction of sp³-hybridized carbons (Fsp3) is 0.455. The van der Waals surface area contributed by atoms with Gasteiger partial charge in [0, 0.05) is 30.2 Å². The lowest BCUT2D eigenvalue weighted by molar-refractivity contribution is 0.568. The third-order valence-corrected chi connectivity index (χ3v) is 4.34. The van der Waals surface area contributed by atoms with E-state index in [4.69, 9.17) is 0 Å². The molecule has 150 valence electrons. The van der Waals surface area contributed by atoms with Gasteiger partial charge in [0.05, 0.1) is 17.6 Å². The van der Waals surface area contributed by atoms with Gasteiger partial charge in [-0.2, -0.15) is 5.10 Å². The van der Waals surface area contributed by atoms with Crippen molar-refractivity contribution in [3.8, 4) is 0 Å². The molecule has 4 aromatic rings. The summed E-state index contributed by atoms with van der Waals surface area (Å²) in [6.07, 6.45) is 9.50. The number of nitrogens with zero attached hydrogens (tertiary/aromatic N) is 6. The van der Waals surface area contributed by atoms with Gasteiger partial charge in [-0.3, -0.25) is 4.40 Å². The minimum Gasteiger partial charge on any atom is -0.291 e. The molecule has 0 aromatic carbocycles. The maximum atomic E-state index is 4.52. The minimum atomic E-state index is 0. The highest BCUT2D eigenvalue weighted by Crippen LogP contribution is 2.21. The van der Waals surface area contributed by atoms with Crippen LogP contribution < -0.4 is 0 Å². The number of imidazole rings is 2. The summed E-state index contributed by atoms with van der Waals surface area (Å²) in [6.45, 7) is 15.0. The van der Waals surface area contributed by atoms with E-state index in [1.165, 1.54) is 5.56 Å². The normalized spacial score (nSPS) is 11.8. The number of hydrogen-bond donors (Lipinski definition) is 0. The highest BCUT2D eigenvalue weighted by Gasteiger charge is 2.16. The molecule has 6 heteroatoms. The predicted molar refractivity (Wildman–Crippen MR) is 115 cm³/mol. The second kappa shape index (κ2) is 7.70. The summed E-state index contributed by atoms with van der Waals surface area (Å²) in [5, 5.41) is 4.26. The molecule has 0 atom stereocenters. The molecular weight excluding hydrogens is 348 g/mol. The van der Waals surface area contributed by atoms with Crippen molar-refractivity contribution in [3.05, 3.63) is 60.1 Å². The lowest BCUT2D eigenvalue weighted by Crippen LogP contribution is -2.13. The zero-order chi connectivity index (χ0) is 19.8. The summed E-state index contributed by atoms with van der Waals surface area (Å²) in [6, 6.07) is 4.13. The van der Waals surface area contributed by atoms with Gasteiger partial charge < -0.3 is 0 Å². The molecule has 0 fully saturated rings. The summed E-state index contributed by atoms with van der Waals surface area (Å²) >= 11 is 0. The van der Waals surface area contributed by atoms with Crippen LogP contribution in [0.1, 0.15) is 65.9 Å². The molecule has 0 saturated carbocycles. The van der Waals surface area contributed by atoms with Crippen LogP contribution in [0.3, 0.4) is 0 Å². The topological polar surface area (TPSA) is 60.4 Å². The Morgan fingerprint density at radius 1 is 0.929 bits per heavy atom. The maximum Gasteiger partial charge on any atom is 0.234 e. The van der Waals surface area contributed by atoms with Crippen molar-refractivity contribution in [2.24, 2.45) is 0 Å². The average molecular weight is 381 g/mol. The molecule has 4 aromatic heterocycles. The molecule has 6 nitrogen and oxygen atoms in total. The van der Waals surface area contributed by atoms with Crippen LogP contribution in [0.2, 0.25) is 0 Å². The van der Waals surface area contributed by atoms with Crippen LogP contribution in [0.15, 0.2) is 43.1 Å². The summed E-state index contributed by atoms with van der Waals surface area (Å²) in [5.74, 6) is 0.787. The summed E-state index contributed by atoms with van der Waals surface area (Å²) in [7, 11) is 0. The van der Waals surface area contributed by atoms with Crippen LogP contribution in [0.4, 0.5) is 0 Å². The lowest BCUT2D eigenvalue weighted by atomic mass is 9.89. The van der Waals surface area contributed by atoms with E-state index in [2.05, 4.69) is 67.7 Å². The van der Waals surface area contributed by atoms with Crippen molar-refractivity contribution >= 4 is 11.4 Å². The van der Waals surface area contributed by atoms with Crippen LogP contribution in [-0.2, 0) is 10.8 Å². The first-order valence-corrected chi connectivity index (χ1v) is 9.17. The van der Waals surface area contributed by atoms with Crippen molar-refractivity contribution in [3.63, 3.8) is 0 Å². The molecule has 0 N–H and O–H groups in total. The Balaban J connectivity index is 0.000000194. The Bertz CT molecular complexity index is 1060. The van der Waals surface area contributed by atoms with Gasteiger partial charge in [0.2, 0.25) is 5.78 Å². The first-order valence-electron chi connectivity index (χ1n) is 9.17. The Morgan fingerprint density at radius 3 is 2.29 bits per heavy atom. The van der Waals surface area contributed by atoms with Crippen LogP contribution in [-0.4, -0.2) is 29.0 Å². The molecule has 0 aliphatic carbocycles. The van der Waals surface area contributed by atoms with E-state index in [9.17, 15) is 0 Å². The number of fused-ring (bicyclic) bond motifs is 2. The van der Waals surface area contributed by atoms with Gasteiger partial charge >= 0.3 is 0 Å². The third kappa shape index (κ3) is 4.74. The first-order chi connectivity index (χ1) is 12.5. The summed E-state index contributed by atoms with van der Waals surface area (Å²) in [4.78, 5) is 13.1. The van der Waals surface area contributed by atoms with E-state index in [1.807, 2.05) is 42.2 Å². The average Bonchev–Trinajstić information content (AvgIpc) is 3.16. The quantitative estimate of drug-likeness (QED) is 0.431. The number of aryl methyl sites for hydroxylation is 1. The van der Waals surface area contributed by atoms with E-state index >= 15 is 0 Å². The Kier molecular flexibility index (Phi) is 5.92. The molecule has 0 radical (unpaired) electrons. The van der Waals surface area contributed by atoms with Crippen LogP contribution in [0, 0.1) is 6.92 Å². The second-order valence-electron chi connectivity index (χ2n) is 8.88. The van der Waals surface area contributed by atoms with Crippen molar-refractivity contribution in [2.75, 3.05) is 0 Å². The second-order valence-corrected chi connectivity index (χ2v) is 8.88. The molecule has 4 heterocycles. The van der Waals surface area contributed by atoms with E-state index in [-0.39, 0.29) is 18.3 Å². The van der Waals surface area contributed by atoms with Crippen molar-refractivity contribution in [1.82, 2.24) is 29.0 Å². The minimum absolute atomic E-state index is 0. The van der Waals surface area contributed by atoms with Crippen molar-refractivity contribution in [1.29, 1.82) is 0 Å². The highest BCUT2D eigenvalue weighted by atomic mass is 15.2. The molecular formula is C22H32N6. The van der Waals surface area contributed by atoms with Gasteiger partial charge in [-0.15, -0.1) is 0 Å². The van der Waals surface area contributed by atoms with Crippen LogP contribution >= 0.6 is 0 Å². The van der Waals surface area contributed by atoms with Gasteiger partial charge in [0.15, 0.2) is 5.65 Å². The molecule has 0 amide bonds. The van der Waals surface area contributed by atoms with Gasteiger partial charge in [0.1, 0.15) is 0 Å². The van der Waals surface area contributed by atoms with E-state index in [1.54, 1.807) is 10.7 Å². The van der Waals surface area contributed by atoms with E-state index < -0.39 is 0 Å². The number of hydrogen-bond acceptors (Lipinski definition) is 4. The van der Waals surface area contributed by atoms with E-state index in [0.29, 0.717) is 0 Å². The zero-order valence-electron chi connectivity index (χ0n) is 17.2. The fourth-order valence-corrected chi connectivity index (χ4v) is 2.63. The molecule has 0 aliphatic rings. The number of aromatic nitrogens is 6. The van der Waals surface area contributed by atoms with Crippen molar-refractivity contribution < 1.29 is 0 Å². The maximum absolute atomic E-state index is 4.52. The predicted octanol–water partition coefficient (Wildman–Crippen LogP) is 5.00. The molecule has 0 spiro atoms. The van der Waals surface area contributed by atoms with Gasteiger partial charge in [-0.05, 0) is 30.0 Å². The number of rotatable bonds is 0. The van der Waals surface area contributed by atoms with Crippen LogP contribution in [0.25, 0.3) is 11.4 Å². The SMILES string of the molecule is C.CC(C)(C)c1cnn2ccnc2c1.Cc1cn2ccc(C(C)(C)C)nc2n1. The molecule has 0 bridgehead atoms. The molecule has 28 heavy (non-hydrogen) atoms. The monoisotopic (exact) mass is 380 g/mol. The molecule has 4 rings (SSSR count). The van der Waals surface area contributed by atoms with Gasteiger partial charge in [-0.25, -0.2) is 19.5 Å². The Morgan fingerprint density at radius 2 is 1.64 bits per heavy atom. The Labute approximate surface area is 167 Å². The standard InChI is InChI=1S/C11H15N3.C10H13N3.CH4/c1-8-7-14-6-5-9(11(2,3)4)13-10(14)12-8;1-10(2,3)8-6-9-11-4-5-13(9)12-7-8;/h5-7H,1-4H3;4-7H,1-3H3;1H4.